The number of ether oxygens (including phenoxy) is 2. The van der Waals surface area contributed by atoms with Gasteiger partial charge >= 0.3 is 5.97 Å². The molecule has 1 aliphatic heterocycles. The van der Waals surface area contributed by atoms with Crippen LogP contribution in [0.3, 0.4) is 0 Å². The van der Waals surface area contributed by atoms with Gasteiger partial charge in [-0.25, -0.2) is 4.79 Å². The van der Waals surface area contributed by atoms with Crippen molar-refractivity contribution in [2.24, 2.45) is 5.41 Å². The minimum absolute atomic E-state index is 0.0745. The molecule has 0 aromatic rings. The Morgan fingerprint density at radius 2 is 2.23 bits per heavy atom. The van der Waals surface area contributed by atoms with E-state index < -0.39 is 0 Å². The second-order valence-electron chi connectivity index (χ2n) is 3.70. The number of rotatable bonds is 4. The van der Waals surface area contributed by atoms with Gasteiger partial charge in [0.25, 0.3) is 0 Å². The Labute approximate surface area is 78.7 Å². The summed E-state index contributed by atoms with van der Waals surface area (Å²) in [4.78, 5) is 11.1. The van der Waals surface area contributed by atoms with E-state index in [1.54, 1.807) is 6.92 Å². The lowest BCUT2D eigenvalue weighted by atomic mass is 9.84. The third-order valence-corrected chi connectivity index (χ3v) is 2.42. The first-order chi connectivity index (χ1) is 6.09. The van der Waals surface area contributed by atoms with Gasteiger partial charge in [-0.2, -0.15) is 0 Å². The van der Waals surface area contributed by atoms with Crippen LogP contribution >= 0.6 is 0 Å². The Balaban J connectivity index is 2.32. The Morgan fingerprint density at radius 1 is 1.62 bits per heavy atom. The van der Waals surface area contributed by atoms with Crippen molar-refractivity contribution in [3.63, 3.8) is 0 Å². The second kappa shape index (κ2) is 3.92. The first-order valence-electron chi connectivity index (χ1n) is 4.50. The van der Waals surface area contributed by atoms with Crippen LogP contribution in [0.15, 0.2) is 12.2 Å². The molecule has 0 amide bonds. The molecule has 0 atom stereocenters. The Hall–Kier alpha value is -0.830. The average Bonchev–Trinajstić information content (AvgIpc) is 2.02. The van der Waals surface area contributed by atoms with Gasteiger partial charge in [0.1, 0.15) is 6.61 Å². The van der Waals surface area contributed by atoms with Gasteiger partial charge in [0.05, 0.1) is 18.6 Å². The summed E-state index contributed by atoms with van der Waals surface area (Å²) >= 11 is 0. The highest BCUT2D eigenvalue weighted by Gasteiger charge is 2.38. The first-order valence-corrected chi connectivity index (χ1v) is 4.50. The molecule has 0 spiro atoms. The van der Waals surface area contributed by atoms with Crippen LogP contribution in [-0.2, 0) is 14.3 Å². The summed E-state index contributed by atoms with van der Waals surface area (Å²) in [6.45, 7) is 9.11. The number of hydrogen-bond acceptors (Lipinski definition) is 3. The molecule has 0 radical (unpaired) electrons. The van der Waals surface area contributed by atoms with Crippen molar-refractivity contribution < 1.29 is 14.3 Å². The van der Waals surface area contributed by atoms with E-state index in [2.05, 4.69) is 13.5 Å². The molecule has 0 aromatic carbocycles. The smallest absolute Gasteiger partial charge is 0.333 e. The topological polar surface area (TPSA) is 35.5 Å². The Kier molecular flexibility index (Phi) is 3.09. The van der Waals surface area contributed by atoms with E-state index in [0.29, 0.717) is 25.4 Å². The molecular weight excluding hydrogens is 168 g/mol. The van der Waals surface area contributed by atoms with E-state index in [4.69, 9.17) is 9.47 Å². The molecule has 0 unspecified atom stereocenters. The maximum absolute atomic E-state index is 11.1. The van der Waals surface area contributed by atoms with Crippen LogP contribution in [0, 0.1) is 5.41 Å². The lowest BCUT2D eigenvalue weighted by Crippen LogP contribution is -2.46. The maximum Gasteiger partial charge on any atom is 0.333 e. The third-order valence-electron chi connectivity index (χ3n) is 2.42. The highest BCUT2D eigenvalue weighted by molar-refractivity contribution is 5.86. The van der Waals surface area contributed by atoms with Crippen molar-refractivity contribution in [3.05, 3.63) is 12.2 Å². The molecule has 13 heavy (non-hydrogen) atoms. The van der Waals surface area contributed by atoms with Gasteiger partial charge in [-0.15, -0.1) is 0 Å². The van der Waals surface area contributed by atoms with Crippen LogP contribution in [0.5, 0.6) is 0 Å². The Bertz CT molecular complexity index is 211. The molecule has 1 saturated heterocycles. The normalized spacial score (nSPS) is 18.9. The first kappa shape index (κ1) is 10.3. The highest BCUT2D eigenvalue weighted by atomic mass is 16.5. The average molecular weight is 184 g/mol. The molecule has 0 bridgehead atoms. The molecule has 0 aromatic heterocycles. The quantitative estimate of drug-likeness (QED) is 0.491. The molecule has 1 fully saturated rings. The zero-order chi connectivity index (χ0) is 9.90. The minimum Gasteiger partial charge on any atom is -0.462 e. The monoisotopic (exact) mass is 184 g/mol. The molecule has 0 aliphatic carbocycles. The van der Waals surface area contributed by atoms with Crippen molar-refractivity contribution in [1.29, 1.82) is 0 Å². The fourth-order valence-corrected chi connectivity index (χ4v) is 1.12. The van der Waals surface area contributed by atoms with Crippen LogP contribution in [0.25, 0.3) is 0 Å². The van der Waals surface area contributed by atoms with Crippen LogP contribution in [-0.4, -0.2) is 25.8 Å². The SMILES string of the molecule is C=C(C)C(=O)OCC1(CC)COC1. The van der Waals surface area contributed by atoms with Crippen molar-refractivity contribution in [2.45, 2.75) is 20.3 Å². The lowest BCUT2D eigenvalue weighted by molar-refractivity contribution is -0.167. The molecule has 0 N–H and O–H groups in total. The number of hydrogen-bond donors (Lipinski definition) is 0. The highest BCUT2D eigenvalue weighted by Crippen LogP contribution is 2.31. The summed E-state index contributed by atoms with van der Waals surface area (Å²) in [6.07, 6.45) is 0.983. The van der Waals surface area contributed by atoms with Crippen molar-refractivity contribution in [2.75, 3.05) is 19.8 Å². The van der Waals surface area contributed by atoms with Gasteiger partial charge < -0.3 is 9.47 Å². The van der Waals surface area contributed by atoms with Gasteiger partial charge in [-0.05, 0) is 13.3 Å². The molecule has 1 aliphatic rings. The molecule has 1 heterocycles. The molecule has 3 nitrogen and oxygen atoms in total. The standard InChI is InChI=1S/C10H16O3/c1-4-10(5-12-6-10)7-13-9(11)8(2)3/h2,4-7H2,1,3H3. The number of carbonyl (C=O) groups excluding carboxylic acids is 1. The maximum atomic E-state index is 11.1. The van der Waals surface area contributed by atoms with Gasteiger partial charge in [-0.1, -0.05) is 13.5 Å². The predicted octanol–water partition coefficient (Wildman–Crippen LogP) is 1.53. The summed E-state index contributed by atoms with van der Waals surface area (Å²) in [6, 6.07) is 0. The number of esters is 1. The summed E-state index contributed by atoms with van der Waals surface area (Å²) < 4.78 is 10.2. The summed E-state index contributed by atoms with van der Waals surface area (Å²) in [5, 5.41) is 0. The van der Waals surface area contributed by atoms with Crippen LogP contribution in [0.4, 0.5) is 0 Å². The molecule has 74 valence electrons. The van der Waals surface area contributed by atoms with E-state index >= 15 is 0 Å². The summed E-state index contributed by atoms with van der Waals surface area (Å²) in [5.41, 5.74) is 0.525. The molecule has 0 saturated carbocycles. The second-order valence-corrected chi connectivity index (χ2v) is 3.70. The number of carbonyl (C=O) groups is 1. The molecule has 3 heteroatoms. The zero-order valence-corrected chi connectivity index (χ0v) is 8.26. The Morgan fingerprint density at radius 3 is 2.54 bits per heavy atom. The van der Waals surface area contributed by atoms with E-state index in [9.17, 15) is 4.79 Å². The van der Waals surface area contributed by atoms with E-state index in [1.165, 1.54) is 0 Å². The van der Waals surface area contributed by atoms with Gasteiger partial charge in [0.15, 0.2) is 0 Å². The minimum atomic E-state index is -0.306. The van der Waals surface area contributed by atoms with E-state index in [-0.39, 0.29) is 11.4 Å². The van der Waals surface area contributed by atoms with Crippen molar-refractivity contribution >= 4 is 5.97 Å². The van der Waals surface area contributed by atoms with E-state index in [1.807, 2.05) is 0 Å². The molecular formula is C10H16O3. The fourth-order valence-electron chi connectivity index (χ4n) is 1.12. The lowest BCUT2D eigenvalue weighted by Gasteiger charge is -2.39. The summed E-state index contributed by atoms with van der Waals surface area (Å²) in [7, 11) is 0. The van der Waals surface area contributed by atoms with Gasteiger partial charge in [0, 0.05) is 5.57 Å². The fraction of sp³-hybridized carbons (Fsp3) is 0.700. The van der Waals surface area contributed by atoms with Crippen molar-refractivity contribution in [1.82, 2.24) is 0 Å². The predicted molar refractivity (Wildman–Crippen MR) is 49.3 cm³/mol. The van der Waals surface area contributed by atoms with Gasteiger partial charge in [-0.3, -0.25) is 0 Å². The van der Waals surface area contributed by atoms with Crippen LogP contribution < -0.4 is 0 Å². The van der Waals surface area contributed by atoms with Crippen molar-refractivity contribution in [3.8, 4) is 0 Å². The largest absolute Gasteiger partial charge is 0.462 e. The van der Waals surface area contributed by atoms with Gasteiger partial charge in [0.2, 0.25) is 0 Å². The zero-order valence-electron chi connectivity index (χ0n) is 8.26. The van der Waals surface area contributed by atoms with Crippen LogP contribution in [0.1, 0.15) is 20.3 Å². The van der Waals surface area contributed by atoms with Crippen LogP contribution in [0.2, 0.25) is 0 Å². The molecule has 1 rings (SSSR count). The third kappa shape index (κ3) is 2.31. The van der Waals surface area contributed by atoms with E-state index in [0.717, 1.165) is 6.42 Å². The summed E-state index contributed by atoms with van der Waals surface area (Å²) in [5.74, 6) is -0.306.